The molecule has 4 rings (SSSR count). The Hall–Kier alpha value is -3.74. The van der Waals surface area contributed by atoms with Gasteiger partial charge in [0.2, 0.25) is 0 Å². The summed E-state index contributed by atoms with van der Waals surface area (Å²) < 4.78 is 16.8. The normalized spacial score (nSPS) is 11.9. The average Bonchev–Trinajstić information content (AvgIpc) is 3.37. The summed E-state index contributed by atoms with van der Waals surface area (Å²) >= 11 is 0. The highest BCUT2D eigenvalue weighted by Gasteiger charge is 2.22. The van der Waals surface area contributed by atoms with Crippen LogP contribution in [0.25, 0.3) is 5.69 Å². The minimum absolute atomic E-state index is 0.283. The fourth-order valence-electron chi connectivity index (χ4n) is 2.98. The summed E-state index contributed by atoms with van der Waals surface area (Å²) in [6, 6.07) is 16.7. The van der Waals surface area contributed by atoms with E-state index < -0.39 is 6.04 Å². The Morgan fingerprint density at radius 3 is 2.46 bits per heavy atom. The first-order valence-corrected chi connectivity index (χ1v) is 8.76. The molecule has 0 aliphatic carbocycles. The highest BCUT2D eigenvalue weighted by Crippen LogP contribution is 2.21. The standard InChI is InChI=1S/C21H18FN5O/c1-26-14-12-23-20(26)19(15-7-9-16(22)10-8-15)24-21(28)18-11-13-27(25-18)17-5-3-2-4-6-17/h2-14,19H,1H3,(H,24,28). The van der Waals surface area contributed by atoms with Gasteiger partial charge in [-0.05, 0) is 35.9 Å². The highest BCUT2D eigenvalue weighted by atomic mass is 19.1. The number of aromatic nitrogens is 4. The van der Waals surface area contributed by atoms with Crippen LogP contribution in [0.1, 0.15) is 27.9 Å². The molecule has 1 amide bonds. The van der Waals surface area contributed by atoms with Gasteiger partial charge < -0.3 is 9.88 Å². The van der Waals surface area contributed by atoms with Crippen molar-refractivity contribution in [2.45, 2.75) is 6.04 Å². The van der Waals surface area contributed by atoms with E-state index in [-0.39, 0.29) is 17.4 Å². The molecule has 140 valence electrons. The lowest BCUT2D eigenvalue weighted by atomic mass is 10.1. The smallest absolute Gasteiger partial charge is 0.272 e. The van der Waals surface area contributed by atoms with Crippen LogP contribution in [-0.4, -0.2) is 25.2 Å². The zero-order valence-corrected chi connectivity index (χ0v) is 15.2. The number of halogens is 1. The quantitative estimate of drug-likeness (QED) is 0.582. The SMILES string of the molecule is Cn1ccnc1C(NC(=O)c1ccn(-c2ccccc2)n1)c1ccc(F)cc1. The van der Waals surface area contributed by atoms with Gasteiger partial charge in [-0.3, -0.25) is 4.79 Å². The molecule has 0 saturated heterocycles. The Morgan fingerprint density at radius 2 is 1.79 bits per heavy atom. The monoisotopic (exact) mass is 375 g/mol. The van der Waals surface area contributed by atoms with E-state index in [2.05, 4.69) is 15.4 Å². The molecule has 0 radical (unpaired) electrons. The number of carbonyl (C=O) groups excluding carboxylic acids is 1. The summed E-state index contributed by atoms with van der Waals surface area (Å²) in [6.45, 7) is 0. The second-order valence-electron chi connectivity index (χ2n) is 6.34. The molecule has 28 heavy (non-hydrogen) atoms. The van der Waals surface area contributed by atoms with Crippen molar-refractivity contribution in [3.63, 3.8) is 0 Å². The van der Waals surface area contributed by atoms with Crippen molar-refractivity contribution in [2.75, 3.05) is 0 Å². The predicted octanol–water partition coefficient (Wildman–Crippen LogP) is 3.26. The molecule has 4 aromatic rings. The maximum Gasteiger partial charge on any atom is 0.272 e. The molecule has 7 heteroatoms. The van der Waals surface area contributed by atoms with Crippen molar-refractivity contribution in [3.05, 3.63) is 102 Å². The number of rotatable bonds is 5. The fraction of sp³-hybridized carbons (Fsp3) is 0.0952. The topological polar surface area (TPSA) is 64.7 Å². The molecular weight excluding hydrogens is 357 g/mol. The molecule has 0 spiro atoms. The molecule has 2 aromatic heterocycles. The van der Waals surface area contributed by atoms with Crippen LogP contribution >= 0.6 is 0 Å². The summed E-state index contributed by atoms with van der Waals surface area (Å²) in [5.74, 6) is -0.0373. The number of nitrogens with zero attached hydrogens (tertiary/aromatic N) is 4. The van der Waals surface area contributed by atoms with Gasteiger partial charge in [-0.2, -0.15) is 5.10 Å². The molecular formula is C21H18FN5O. The van der Waals surface area contributed by atoms with E-state index in [1.165, 1.54) is 12.1 Å². The van der Waals surface area contributed by atoms with Crippen LogP contribution in [0.2, 0.25) is 0 Å². The molecule has 0 aliphatic rings. The minimum Gasteiger partial charge on any atom is -0.337 e. The van der Waals surface area contributed by atoms with Crippen molar-refractivity contribution in [3.8, 4) is 5.69 Å². The van der Waals surface area contributed by atoms with Crippen LogP contribution in [0.15, 0.2) is 79.3 Å². The van der Waals surface area contributed by atoms with E-state index in [1.54, 1.807) is 41.5 Å². The Balaban J connectivity index is 1.62. The fourth-order valence-corrected chi connectivity index (χ4v) is 2.98. The first kappa shape index (κ1) is 17.7. The van der Waals surface area contributed by atoms with Crippen LogP contribution in [0.3, 0.4) is 0 Å². The third kappa shape index (κ3) is 3.55. The number of hydrogen-bond acceptors (Lipinski definition) is 3. The Morgan fingerprint density at radius 1 is 1.04 bits per heavy atom. The lowest BCUT2D eigenvalue weighted by Crippen LogP contribution is -2.31. The van der Waals surface area contributed by atoms with E-state index in [0.717, 1.165) is 11.3 Å². The molecule has 2 heterocycles. The zero-order chi connectivity index (χ0) is 19.5. The maximum atomic E-state index is 13.3. The number of carbonyl (C=O) groups is 1. The number of imidazole rings is 1. The van der Waals surface area contributed by atoms with E-state index >= 15 is 0 Å². The molecule has 6 nitrogen and oxygen atoms in total. The lowest BCUT2D eigenvalue weighted by molar-refractivity contribution is 0.0935. The van der Waals surface area contributed by atoms with Gasteiger partial charge in [0.15, 0.2) is 5.69 Å². The van der Waals surface area contributed by atoms with Crippen molar-refractivity contribution in [1.29, 1.82) is 0 Å². The number of aryl methyl sites for hydroxylation is 1. The molecule has 1 atom stereocenters. The van der Waals surface area contributed by atoms with Gasteiger partial charge in [0.25, 0.3) is 5.91 Å². The van der Waals surface area contributed by atoms with Gasteiger partial charge in [0.1, 0.15) is 17.7 Å². The third-order valence-corrected chi connectivity index (χ3v) is 4.44. The number of nitrogens with one attached hydrogen (secondary N) is 1. The molecule has 0 aliphatic heterocycles. The van der Waals surface area contributed by atoms with Gasteiger partial charge in [0, 0.05) is 25.6 Å². The van der Waals surface area contributed by atoms with E-state index in [4.69, 9.17) is 0 Å². The van der Waals surface area contributed by atoms with Gasteiger partial charge in [0.05, 0.1) is 5.69 Å². The summed E-state index contributed by atoms with van der Waals surface area (Å²) in [7, 11) is 1.84. The van der Waals surface area contributed by atoms with Gasteiger partial charge in [-0.15, -0.1) is 0 Å². The first-order valence-electron chi connectivity index (χ1n) is 8.76. The first-order chi connectivity index (χ1) is 13.6. The van der Waals surface area contributed by atoms with Gasteiger partial charge in [-0.25, -0.2) is 14.1 Å². The largest absolute Gasteiger partial charge is 0.337 e. The zero-order valence-electron chi connectivity index (χ0n) is 15.2. The second kappa shape index (κ2) is 7.48. The lowest BCUT2D eigenvalue weighted by Gasteiger charge is -2.18. The number of benzene rings is 2. The third-order valence-electron chi connectivity index (χ3n) is 4.44. The maximum absolute atomic E-state index is 13.3. The number of para-hydroxylation sites is 1. The van der Waals surface area contributed by atoms with Crippen LogP contribution in [0.4, 0.5) is 4.39 Å². The highest BCUT2D eigenvalue weighted by molar-refractivity contribution is 5.92. The van der Waals surface area contributed by atoms with Crippen molar-refractivity contribution in [2.24, 2.45) is 7.05 Å². The van der Waals surface area contributed by atoms with Crippen LogP contribution in [0, 0.1) is 5.82 Å². The van der Waals surface area contributed by atoms with Crippen LogP contribution in [0.5, 0.6) is 0 Å². The average molecular weight is 375 g/mol. The molecule has 2 aromatic carbocycles. The Bertz CT molecular complexity index is 1090. The predicted molar refractivity (Wildman–Crippen MR) is 102 cm³/mol. The Labute approximate surface area is 161 Å². The van der Waals surface area contributed by atoms with Gasteiger partial charge in [-0.1, -0.05) is 30.3 Å². The molecule has 0 fully saturated rings. The molecule has 1 N–H and O–H groups in total. The van der Waals surface area contributed by atoms with E-state index in [0.29, 0.717) is 5.82 Å². The number of hydrogen-bond donors (Lipinski definition) is 1. The summed E-state index contributed by atoms with van der Waals surface area (Å²) in [6.07, 6.45) is 5.18. The van der Waals surface area contributed by atoms with E-state index in [9.17, 15) is 9.18 Å². The Kier molecular flexibility index (Phi) is 4.72. The number of amides is 1. The van der Waals surface area contributed by atoms with Gasteiger partial charge >= 0.3 is 0 Å². The second-order valence-corrected chi connectivity index (χ2v) is 6.34. The summed E-state index contributed by atoms with van der Waals surface area (Å²) in [5, 5.41) is 7.32. The molecule has 0 bridgehead atoms. The van der Waals surface area contributed by atoms with Crippen LogP contribution in [-0.2, 0) is 7.05 Å². The molecule has 0 saturated carbocycles. The van der Waals surface area contributed by atoms with Crippen molar-refractivity contribution in [1.82, 2.24) is 24.6 Å². The minimum atomic E-state index is -0.532. The van der Waals surface area contributed by atoms with Crippen molar-refractivity contribution >= 4 is 5.91 Å². The molecule has 1 unspecified atom stereocenters. The van der Waals surface area contributed by atoms with E-state index in [1.807, 2.05) is 41.9 Å². The van der Waals surface area contributed by atoms with Crippen molar-refractivity contribution < 1.29 is 9.18 Å². The van der Waals surface area contributed by atoms with Crippen LogP contribution < -0.4 is 5.32 Å². The summed E-state index contributed by atoms with van der Waals surface area (Å²) in [5.41, 5.74) is 1.87. The summed E-state index contributed by atoms with van der Waals surface area (Å²) in [4.78, 5) is 17.2.